The van der Waals surface area contributed by atoms with Gasteiger partial charge in [-0.3, -0.25) is 4.79 Å². The molecule has 3 rings (SSSR count). The number of carbonyl (C=O) groups is 1. The third kappa shape index (κ3) is 4.18. The molecule has 2 fully saturated rings. The summed E-state index contributed by atoms with van der Waals surface area (Å²) in [6.45, 7) is 4.80. The van der Waals surface area contributed by atoms with Crippen molar-refractivity contribution in [2.45, 2.75) is 25.7 Å². The number of methoxy groups -OCH3 is 1. The highest BCUT2D eigenvalue weighted by Crippen LogP contribution is 2.44. The van der Waals surface area contributed by atoms with Crippen LogP contribution in [0.3, 0.4) is 0 Å². The first-order valence-electron chi connectivity index (χ1n) is 9.23. The van der Waals surface area contributed by atoms with Gasteiger partial charge in [-0.2, -0.15) is 0 Å². The molecule has 138 valence electrons. The first kappa shape index (κ1) is 18.7. The topological polar surface area (TPSA) is 32.8 Å². The van der Waals surface area contributed by atoms with E-state index in [0.717, 1.165) is 62.6 Å². The molecular weight excluding hydrogens is 336 g/mol. The van der Waals surface area contributed by atoms with E-state index in [4.69, 9.17) is 16.3 Å². The molecule has 1 spiro atoms. The van der Waals surface area contributed by atoms with Crippen molar-refractivity contribution in [3.63, 3.8) is 0 Å². The van der Waals surface area contributed by atoms with E-state index in [0.29, 0.717) is 17.8 Å². The fourth-order valence-corrected chi connectivity index (χ4v) is 4.83. The molecule has 0 bridgehead atoms. The Morgan fingerprint density at radius 3 is 2.72 bits per heavy atom. The SMILES string of the molecule is COCC1CN(C)CC12CCN(C(=O)CCc1ccccc1Cl)CC2. The number of rotatable bonds is 5. The Morgan fingerprint density at radius 2 is 2.04 bits per heavy atom. The number of aryl methyl sites for hydroxylation is 1. The lowest BCUT2D eigenvalue weighted by Gasteiger charge is -2.42. The molecule has 1 amide bonds. The Labute approximate surface area is 156 Å². The van der Waals surface area contributed by atoms with E-state index in [1.807, 2.05) is 29.2 Å². The molecule has 1 atom stereocenters. The number of piperidine rings is 1. The van der Waals surface area contributed by atoms with Gasteiger partial charge in [0.1, 0.15) is 0 Å². The van der Waals surface area contributed by atoms with Gasteiger partial charge in [0.05, 0.1) is 6.61 Å². The number of amides is 1. The standard InChI is InChI=1S/C20H29ClN2O2/c1-22-13-17(14-25-2)20(15-22)9-11-23(12-10-20)19(24)8-7-16-5-3-4-6-18(16)21/h3-6,17H,7-15H2,1-2H3. The Kier molecular flexibility index (Phi) is 6.03. The van der Waals surface area contributed by atoms with Gasteiger partial charge in [0.25, 0.3) is 0 Å². The summed E-state index contributed by atoms with van der Waals surface area (Å²) in [6, 6.07) is 7.79. The van der Waals surface area contributed by atoms with Crippen LogP contribution in [0.5, 0.6) is 0 Å². The fraction of sp³-hybridized carbons (Fsp3) is 0.650. The third-order valence-corrected chi connectivity index (χ3v) is 6.40. The minimum Gasteiger partial charge on any atom is -0.384 e. The second-order valence-electron chi connectivity index (χ2n) is 7.68. The Morgan fingerprint density at radius 1 is 1.32 bits per heavy atom. The van der Waals surface area contributed by atoms with Crippen molar-refractivity contribution < 1.29 is 9.53 Å². The van der Waals surface area contributed by atoms with E-state index in [9.17, 15) is 4.79 Å². The van der Waals surface area contributed by atoms with Crippen LogP contribution in [-0.2, 0) is 16.0 Å². The third-order valence-electron chi connectivity index (χ3n) is 6.03. The van der Waals surface area contributed by atoms with E-state index in [2.05, 4.69) is 11.9 Å². The number of nitrogens with zero attached hydrogens (tertiary/aromatic N) is 2. The minimum atomic E-state index is 0.254. The van der Waals surface area contributed by atoms with Crippen molar-refractivity contribution in [1.82, 2.24) is 9.80 Å². The van der Waals surface area contributed by atoms with Crippen LogP contribution in [0.15, 0.2) is 24.3 Å². The molecule has 25 heavy (non-hydrogen) atoms. The summed E-state index contributed by atoms with van der Waals surface area (Å²) in [5, 5.41) is 0.754. The second kappa shape index (κ2) is 8.07. The number of carbonyl (C=O) groups excluding carboxylic acids is 1. The molecule has 2 aliphatic rings. The average Bonchev–Trinajstić information content (AvgIpc) is 2.90. The number of benzene rings is 1. The van der Waals surface area contributed by atoms with Gasteiger partial charge in [-0.05, 0) is 43.4 Å². The molecule has 0 radical (unpaired) electrons. The molecule has 2 aliphatic heterocycles. The van der Waals surface area contributed by atoms with Crippen molar-refractivity contribution in [3.05, 3.63) is 34.9 Å². The van der Waals surface area contributed by atoms with Crippen LogP contribution >= 0.6 is 11.6 Å². The molecule has 5 heteroatoms. The van der Waals surface area contributed by atoms with Crippen LogP contribution < -0.4 is 0 Å². The van der Waals surface area contributed by atoms with E-state index >= 15 is 0 Å². The number of ether oxygens (including phenoxy) is 1. The van der Waals surface area contributed by atoms with E-state index in [-0.39, 0.29) is 5.91 Å². The van der Waals surface area contributed by atoms with Crippen molar-refractivity contribution >= 4 is 17.5 Å². The highest BCUT2D eigenvalue weighted by atomic mass is 35.5. The molecule has 0 N–H and O–H groups in total. The fourth-order valence-electron chi connectivity index (χ4n) is 4.60. The summed E-state index contributed by atoms with van der Waals surface area (Å²) in [4.78, 5) is 17.1. The highest BCUT2D eigenvalue weighted by Gasteiger charge is 2.47. The van der Waals surface area contributed by atoms with Crippen LogP contribution in [0.4, 0.5) is 0 Å². The molecule has 0 aliphatic carbocycles. The quantitative estimate of drug-likeness (QED) is 0.804. The molecule has 1 aromatic carbocycles. The van der Waals surface area contributed by atoms with Gasteiger partial charge < -0.3 is 14.5 Å². The predicted molar refractivity (Wildman–Crippen MR) is 101 cm³/mol. The molecule has 0 aromatic heterocycles. The summed E-state index contributed by atoms with van der Waals surface area (Å²) in [5.74, 6) is 0.840. The van der Waals surface area contributed by atoms with Crippen molar-refractivity contribution in [2.24, 2.45) is 11.3 Å². The van der Waals surface area contributed by atoms with Gasteiger partial charge in [-0.25, -0.2) is 0 Å². The summed E-state index contributed by atoms with van der Waals surface area (Å²) in [6.07, 6.45) is 3.43. The summed E-state index contributed by atoms with van der Waals surface area (Å²) >= 11 is 6.19. The van der Waals surface area contributed by atoms with Crippen LogP contribution in [0, 0.1) is 11.3 Å². The maximum atomic E-state index is 12.6. The lowest BCUT2D eigenvalue weighted by molar-refractivity contribution is -0.134. The maximum Gasteiger partial charge on any atom is 0.222 e. The number of hydrogen-bond donors (Lipinski definition) is 0. The van der Waals surface area contributed by atoms with Gasteiger partial charge in [-0.15, -0.1) is 0 Å². The number of likely N-dealkylation sites (tertiary alicyclic amines) is 2. The lowest BCUT2D eigenvalue weighted by atomic mass is 9.71. The van der Waals surface area contributed by atoms with E-state index < -0.39 is 0 Å². The molecule has 2 heterocycles. The van der Waals surface area contributed by atoms with Crippen LogP contribution in [0.1, 0.15) is 24.8 Å². The van der Waals surface area contributed by atoms with Gasteiger partial charge in [0.2, 0.25) is 5.91 Å². The van der Waals surface area contributed by atoms with Gasteiger partial charge in [0, 0.05) is 50.7 Å². The second-order valence-corrected chi connectivity index (χ2v) is 8.09. The monoisotopic (exact) mass is 364 g/mol. The average molecular weight is 365 g/mol. The number of halogens is 1. The Hall–Kier alpha value is -1.10. The summed E-state index contributed by atoms with van der Waals surface area (Å²) < 4.78 is 5.45. The number of hydrogen-bond acceptors (Lipinski definition) is 3. The lowest BCUT2D eigenvalue weighted by Crippen LogP contribution is -2.47. The summed E-state index contributed by atoms with van der Waals surface area (Å²) in [7, 11) is 3.98. The first-order chi connectivity index (χ1) is 12.0. The van der Waals surface area contributed by atoms with Crippen molar-refractivity contribution in [1.29, 1.82) is 0 Å². The van der Waals surface area contributed by atoms with Crippen LogP contribution in [0.25, 0.3) is 0 Å². The first-order valence-corrected chi connectivity index (χ1v) is 9.60. The Bertz CT molecular complexity index is 599. The maximum absolute atomic E-state index is 12.6. The minimum absolute atomic E-state index is 0.254. The van der Waals surface area contributed by atoms with E-state index in [1.54, 1.807) is 7.11 Å². The highest BCUT2D eigenvalue weighted by molar-refractivity contribution is 6.31. The predicted octanol–water partition coefficient (Wildman–Crippen LogP) is 3.09. The van der Waals surface area contributed by atoms with Crippen molar-refractivity contribution in [2.75, 3.05) is 46.9 Å². The Balaban J connectivity index is 1.53. The van der Waals surface area contributed by atoms with E-state index in [1.165, 1.54) is 0 Å². The van der Waals surface area contributed by atoms with Gasteiger partial charge >= 0.3 is 0 Å². The summed E-state index contributed by atoms with van der Waals surface area (Å²) in [5.41, 5.74) is 1.38. The molecule has 1 unspecified atom stereocenters. The zero-order valence-electron chi connectivity index (χ0n) is 15.3. The molecule has 0 saturated carbocycles. The van der Waals surface area contributed by atoms with Gasteiger partial charge in [0.15, 0.2) is 0 Å². The zero-order valence-corrected chi connectivity index (χ0v) is 16.1. The molecule has 2 saturated heterocycles. The zero-order chi connectivity index (χ0) is 17.9. The molecule has 4 nitrogen and oxygen atoms in total. The molecule has 1 aromatic rings. The normalized spacial score (nSPS) is 23.3. The van der Waals surface area contributed by atoms with Gasteiger partial charge in [-0.1, -0.05) is 29.8 Å². The van der Waals surface area contributed by atoms with Crippen molar-refractivity contribution in [3.8, 4) is 0 Å². The van der Waals surface area contributed by atoms with Crippen LogP contribution in [0.2, 0.25) is 5.02 Å². The largest absolute Gasteiger partial charge is 0.384 e. The molecular formula is C20H29ClN2O2. The van der Waals surface area contributed by atoms with Crippen LogP contribution in [-0.4, -0.2) is 62.7 Å². The smallest absolute Gasteiger partial charge is 0.222 e.